The van der Waals surface area contributed by atoms with Gasteiger partial charge in [0.05, 0.1) is 12.7 Å². The van der Waals surface area contributed by atoms with E-state index >= 15 is 0 Å². The number of allylic oxidation sites excluding steroid dienone is 3. The monoisotopic (exact) mass is 218 g/mol. The van der Waals surface area contributed by atoms with Gasteiger partial charge in [-0.3, -0.25) is 0 Å². The summed E-state index contributed by atoms with van der Waals surface area (Å²) in [4.78, 5) is 0. The largest absolute Gasteiger partial charge is 0.384 e. The minimum atomic E-state index is -0.557. The molecule has 0 spiro atoms. The Kier molecular flexibility index (Phi) is 3.13. The molecule has 0 aromatic rings. The van der Waals surface area contributed by atoms with Crippen molar-refractivity contribution >= 4 is 0 Å². The number of rotatable bonds is 1. The maximum atomic E-state index is 10.1. The first-order chi connectivity index (χ1) is 7.59. The van der Waals surface area contributed by atoms with Gasteiger partial charge in [-0.15, -0.1) is 0 Å². The molecule has 2 nitrogen and oxygen atoms in total. The first kappa shape index (κ1) is 11.4. The van der Waals surface area contributed by atoms with Gasteiger partial charge in [-0.1, -0.05) is 30.4 Å². The topological polar surface area (TPSA) is 29.5 Å². The van der Waals surface area contributed by atoms with Crippen molar-refractivity contribution in [3.05, 3.63) is 47.1 Å². The van der Waals surface area contributed by atoms with Gasteiger partial charge in [0.2, 0.25) is 0 Å². The maximum absolute atomic E-state index is 10.1. The van der Waals surface area contributed by atoms with Crippen LogP contribution in [0.5, 0.6) is 0 Å². The molecular weight excluding hydrogens is 200 g/mol. The second-order valence-corrected chi connectivity index (χ2v) is 4.59. The van der Waals surface area contributed by atoms with Crippen molar-refractivity contribution in [1.29, 1.82) is 0 Å². The van der Waals surface area contributed by atoms with E-state index in [4.69, 9.17) is 4.74 Å². The van der Waals surface area contributed by atoms with Crippen LogP contribution in [0, 0.1) is 0 Å². The Morgan fingerprint density at radius 1 is 1.56 bits per heavy atom. The summed E-state index contributed by atoms with van der Waals surface area (Å²) in [6.07, 6.45) is 6.38. The van der Waals surface area contributed by atoms with Crippen LogP contribution in [0.15, 0.2) is 47.1 Å². The SMILES string of the molecule is C=C1/C(=C/C=C(C)C)CC2OCC=C2C1O. The normalized spacial score (nSPS) is 31.3. The Hall–Kier alpha value is -1.12. The van der Waals surface area contributed by atoms with E-state index in [0.717, 1.165) is 23.1 Å². The van der Waals surface area contributed by atoms with Crippen molar-refractivity contribution in [2.24, 2.45) is 0 Å². The van der Waals surface area contributed by atoms with Crippen LogP contribution < -0.4 is 0 Å². The Labute approximate surface area is 96.6 Å². The van der Waals surface area contributed by atoms with E-state index in [1.54, 1.807) is 0 Å². The van der Waals surface area contributed by atoms with E-state index in [9.17, 15) is 5.11 Å². The highest BCUT2D eigenvalue weighted by Gasteiger charge is 2.34. The van der Waals surface area contributed by atoms with E-state index in [-0.39, 0.29) is 6.10 Å². The second kappa shape index (κ2) is 4.40. The Morgan fingerprint density at radius 3 is 3.00 bits per heavy atom. The van der Waals surface area contributed by atoms with Gasteiger partial charge in [0.25, 0.3) is 0 Å². The van der Waals surface area contributed by atoms with Gasteiger partial charge in [0.15, 0.2) is 0 Å². The molecule has 0 saturated heterocycles. The molecule has 2 aliphatic rings. The summed E-state index contributed by atoms with van der Waals surface area (Å²) in [7, 11) is 0. The molecule has 16 heavy (non-hydrogen) atoms. The van der Waals surface area contributed by atoms with E-state index in [1.807, 2.05) is 12.2 Å². The van der Waals surface area contributed by atoms with Crippen LogP contribution in [-0.2, 0) is 4.74 Å². The number of aliphatic hydroxyl groups is 1. The van der Waals surface area contributed by atoms with Gasteiger partial charge in [-0.2, -0.15) is 0 Å². The zero-order valence-electron chi connectivity index (χ0n) is 9.86. The van der Waals surface area contributed by atoms with E-state index in [1.165, 1.54) is 5.57 Å². The molecule has 1 aliphatic heterocycles. The van der Waals surface area contributed by atoms with Crippen molar-refractivity contribution in [2.45, 2.75) is 32.5 Å². The molecule has 0 amide bonds. The Morgan fingerprint density at radius 2 is 2.31 bits per heavy atom. The zero-order chi connectivity index (χ0) is 11.7. The molecule has 0 bridgehead atoms. The molecule has 1 heterocycles. The smallest absolute Gasteiger partial charge is 0.102 e. The van der Waals surface area contributed by atoms with Gasteiger partial charge in [-0.25, -0.2) is 0 Å². The van der Waals surface area contributed by atoms with E-state index < -0.39 is 6.10 Å². The molecule has 1 fully saturated rings. The van der Waals surface area contributed by atoms with Gasteiger partial charge >= 0.3 is 0 Å². The van der Waals surface area contributed by atoms with Gasteiger partial charge in [-0.05, 0) is 30.6 Å². The highest BCUT2D eigenvalue weighted by atomic mass is 16.5. The van der Waals surface area contributed by atoms with Crippen LogP contribution in [-0.4, -0.2) is 23.9 Å². The second-order valence-electron chi connectivity index (χ2n) is 4.59. The fourth-order valence-corrected chi connectivity index (χ4v) is 2.10. The van der Waals surface area contributed by atoms with Crippen LogP contribution >= 0.6 is 0 Å². The number of fused-ring (bicyclic) bond motifs is 1. The van der Waals surface area contributed by atoms with Gasteiger partial charge in [0.1, 0.15) is 6.10 Å². The molecule has 0 radical (unpaired) electrons. The lowest BCUT2D eigenvalue weighted by Crippen LogP contribution is -2.29. The molecule has 1 N–H and O–H groups in total. The lowest BCUT2D eigenvalue weighted by molar-refractivity contribution is 0.0979. The number of hydrogen-bond acceptors (Lipinski definition) is 2. The molecule has 2 atom stereocenters. The van der Waals surface area contributed by atoms with Crippen molar-refractivity contribution in [2.75, 3.05) is 6.61 Å². The lowest BCUT2D eigenvalue weighted by atomic mass is 9.82. The summed E-state index contributed by atoms with van der Waals surface area (Å²) in [5.74, 6) is 0. The summed E-state index contributed by atoms with van der Waals surface area (Å²) in [5.41, 5.74) is 4.13. The molecule has 1 saturated carbocycles. The minimum absolute atomic E-state index is 0.0531. The summed E-state index contributed by atoms with van der Waals surface area (Å²) in [5, 5.41) is 10.1. The number of hydrogen-bond donors (Lipinski definition) is 1. The lowest BCUT2D eigenvalue weighted by Gasteiger charge is -2.29. The van der Waals surface area contributed by atoms with E-state index in [2.05, 4.69) is 26.5 Å². The molecule has 86 valence electrons. The van der Waals surface area contributed by atoms with Crippen molar-refractivity contribution in [3.63, 3.8) is 0 Å². The third-order valence-electron chi connectivity index (χ3n) is 3.07. The molecule has 1 aliphatic carbocycles. The van der Waals surface area contributed by atoms with E-state index in [0.29, 0.717) is 6.61 Å². The number of aliphatic hydroxyl groups excluding tert-OH is 1. The molecule has 2 heteroatoms. The van der Waals surface area contributed by atoms with Crippen LogP contribution in [0.3, 0.4) is 0 Å². The summed E-state index contributed by atoms with van der Waals surface area (Å²) >= 11 is 0. The van der Waals surface area contributed by atoms with Crippen molar-refractivity contribution < 1.29 is 9.84 Å². The molecule has 0 aromatic heterocycles. The highest BCUT2D eigenvalue weighted by molar-refractivity contribution is 5.46. The predicted molar refractivity (Wildman–Crippen MR) is 65.1 cm³/mol. The first-order valence-electron chi connectivity index (χ1n) is 5.62. The van der Waals surface area contributed by atoms with Gasteiger partial charge in [0, 0.05) is 6.42 Å². The van der Waals surface area contributed by atoms with Crippen molar-refractivity contribution in [3.8, 4) is 0 Å². The third kappa shape index (κ3) is 2.04. The fourth-order valence-electron chi connectivity index (χ4n) is 2.10. The van der Waals surface area contributed by atoms with Gasteiger partial charge < -0.3 is 9.84 Å². The molecule has 2 rings (SSSR count). The van der Waals surface area contributed by atoms with Crippen molar-refractivity contribution in [1.82, 2.24) is 0 Å². The van der Waals surface area contributed by atoms with Crippen LogP contribution in [0.4, 0.5) is 0 Å². The van der Waals surface area contributed by atoms with Crippen LogP contribution in [0.1, 0.15) is 20.3 Å². The zero-order valence-corrected chi connectivity index (χ0v) is 9.86. The maximum Gasteiger partial charge on any atom is 0.102 e. The average Bonchev–Trinajstić information content (AvgIpc) is 2.69. The Balaban J connectivity index is 2.24. The highest BCUT2D eigenvalue weighted by Crippen LogP contribution is 2.36. The molecular formula is C14H18O2. The summed E-state index contributed by atoms with van der Waals surface area (Å²) in [6, 6.07) is 0. The minimum Gasteiger partial charge on any atom is -0.384 e. The summed E-state index contributed by atoms with van der Waals surface area (Å²) in [6.45, 7) is 8.69. The standard InChI is InChI=1S/C14H18O2/c1-9(2)4-5-11-8-13-12(6-7-16-13)14(15)10(11)3/h4-6,13-15H,3,7-8H2,1-2H3/b11-5+. The molecule has 2 unspecified atom stereocenters. The van der Waals surface area contributed by atoms with Crippen LogP contribution in [0.25, 0.3) is 0 Å². The summed E-state index contributed by atoms with van der Waals surface area (Å²) < 4.78 is 5.56. The predicted octanol–water partition coefficient (Wildman–Crippen LogP) is 2.53. The molecule has 0 aromatic carbocycles. The Bertz CT molecular complexity index is 395. The third-order valence-corrected chi connectivity index (χ3v) is 3.07. The van der Waals surface area contributed by atoms with Crippen LogP contribution in [0.2, 0.25) is 0 Å². The number of ether oxygens (including phenoxy) is 1. The first-order valence-corrected chi connectivity index (χ1v) is 5.62. The fraction of sp³-hybridized carbons (Fsp3) is 0.429. The average molecular weight is 218 g/mol. The quantitative estimate of drug-likeness (QED) is 0.685.